The molecule has 1 fully saturated rings. The number of sulfone groups is 1. The Labute approximate surface area is 154 Å². The molecule has 4 rings (SSSR count). The van der Waals surface area contributed by atoms with Gasteiger partial charge in [-0.25, -0.2) is 13.4 Å². The fraction of sp³-hybridized carbons (Fsp3) is 0.474. The lowest BCUT2D eigenvalue weighted by molar-refractivity contribution is 0.600. The van der Waals surface area contributed by atoms with Crippen LogP contribution in [-0.4, -0.2) is 49.5 Å². The van der Waals surface area contributed by atoms with Gasteiger partial charge in [0.1, 0.15) is 5.82 Å². The Kier molecular flexibility index (Phi) is 4.34. The van der Waals surface area contributed by atoms with Crippen molar-refractivity contribution in [1.29, 1.82) is 0 Å². The standard InChI is InChI=1S/C19H24N4O2S/c1-14-11-18(23-9-7-15-5-3-4-6-16(15)12-23)21-19(20-14)22(2)17-8-10-26(24,25)13-17/h3-6,11,17H,7-10,12-13H2,1-2H3. The average molecular weight is 372 g/mol. The molecule has 3 heterocycles. The van der Waals surface area contributed by atoms with Gasteiger partial charge in [-0.2, -0.15) is 4.98 Å². The van der Waals surface area contributed by atoms with Crippen LogP contribution in [0.25, 0.3) is 0 Å². The van der Waals surface area contributed by atoms with E-state index < -0.39 is 9.84 Å². The van der Waals surface area contributed by atoms with Crippen LogP contribution < -0.4 is 9.80 Å². The van der Waals surface area contributed by atoms with E-state index in [-0.39, 0.29) is 17.5 Å². The molecular weight excluding hydrogens is 348 g/mol. The Morgan fingerprint density at radius 1 is 1.19 bits per heavy atom. The van der Waals surface area contributed by atoms with Crippen molar-refractivity contribution in [3.63, 3.8) is 0 Å². The van der Waals surface area contributed by atoms with Crippen LogP contribution in [-0.2, 0) is 22.8 Å². The van der Waals surface area contributed by atoms with Gasteiger partial charge in [-0.05, 0) is 30.9 Å². The minimum atomic E-state index is -2.93. The largest absolute Gasteiger partial charge is 0.352 e. The molecule has 0 N–H and O–H groups in total. The Morgan fingerprint density at radius 2 is 1.96 bits per heavy atom. The summed E-state index contributed by atoms with van der Waals surface area (Å²) in [4.78, 5) is 13.5. The molecule has 0 bridgehead atoms. The molecule has 0 spiro atoms. The van der Waals surface area contributed by atoms with Crippen LogP contribution in [0.2, 0.25) is 0 Å². The zero-order valence-corrected chi connectivity index (χ0v) is 16.0. The molecule has 2 aromatic rings. The Hall–Kier alpha value is -2.15. The van der Waals surface area contributed by atoms with Gasteiger partial charge in [-0.3, -0.25) is 0 Å². The number of fused-ring (bicyclic) bond motifs is 1. The first-order valence-electron chi connectivity index (χ1n) is 9.02. The maximum atomic E-state index is 11.8. The van der Waals surface area contributed by atoms with E-state index >= 15 is 0 Å². The number of hydrogen-bond donors (Lipinski definition) is 0. The van der Waals surface area contributed by atoms with Crippen LogP contribution in [0.5, 0.6) is 0 Å². The topological polar surface area (TPSA) is 66.4 Å². The highest BCUT2D eigenvalue weighted by molar-refractivity contribution is 7.91. The molecule has 0 saturated carbocycles. The molecule has 1 atom stereocenters. The molecule has 0 radical (unpaired) electrons. The van der Waals surface area contributed by atoms with Crippen molar-refractivity contribution in [3.05, 3.63) is 47.2 Å². The number of anilines is 2. The maximum Gasteiger partial charge on any atom is 0.227 e. The normalized spacial score (nSPS) is 21.5. The average Bonchev–Trinajstić information content (AvgIpc) is 3.00. The molecule has 6 nitrogen and oxygen atoms in total. The van der Waals surface area contributed by atoms with E-state index in [2.05, 4.69) is 34.1 Å². The molecule has 2 aliphatic rings. The van der Waals surface area contributed by atoms with Crippen molar-refractivity contribution in [3.8, 4) is 0 Å². The zero-order chi connectivity index (χ0) is 18.3. The molecule has 1 aromatic heterocycles. The molecule has 26 heavy (non-hydrogen) atoms. The predicted octanol–water partition coefficient (Wildman–Crippen LogP) is 1.97. The van der Waals surface area contributed by atoms with Crippen LogP contribution in [0.1, 0.15) is 23.2 Å². The molecule has 7 heteroatoms. The van der Waals surface area contributed by atoms with Crippen molar-refractivity contribution < 1.29 is 8.42 Å². The lowest BCUT2D eigenvalue weighted by Crippen LogP contribution is -2.35. The van der Waals surface area contributed by atoms with Crippen LogP contribution in [0.4, 0.5) is 11.8 Å². The van der Waals surface area contributed by atoms with Crippen LogP contribution in [0.3, 0.4) is 0 Å². The second-order valence-corrected chi connectivity index (χ2v) is 9.50. The number of aromatic nitrogens is 2. The van der Waals surface area contributed by atoms with E-state index in [0.29, 0.717) is 12.4 Å². The molecule has 1 aromatic carbocycles. The minimum absolute atomic E-state index is 0.0447. The van der Waals surface area contributed by atoms with E-state index in [0.717, 1.165) is 31.0 Å². The number of hydrogen-bond acceptors (Lipinski definition) is 6. The fourth-order valence-electron chi connectivity index (χ4n) is 3.79. The van der Waals surface area contributed by atoms with Gasteiger partial charge < -0.3 is 9.80 Å². The van der Waals surface area contributed by atoms with E-state index in [1.54, 1.807) is 0 Å². The summed E-state index contributed by atoms with van der Waals surface area (Å²) in [7, 11) is -1.03. The highest BCUT2D eigenvalue weighted by Crippen LogP contribution is 2.26. The lowest BCUT2D eigenvalue weighted by atomic mass is 10.00. The van der Waals surface area contributed by atoms with Gasteiger partial charge in [0.2, 0.25) is 5.95 Å². The van der Waals surface area contributed by atoms with Gasteiger partial charge in [0.05, 0.1) is 11.5 Å². The zero-order valence-electron chi connectivity index (χ0n) is 15.2. The van der Waals surface area contributed by atoms with E-state index in [1.165, 1.54) is 11.1 Å². The third-order valence-corrected chi connectivity index (χ3v) is 7.11. The SMILES string of the molecule is Cc1cc(N2CCc3ccccc3C2)nc(N(C)C2CCS(=O)(=O)C2)n1. The monoisotopic (exact) mass is 372 g/mol. The first-order valence-corrected chi connectivity index (χ1v) is 10.8. The first-order chi connectivity index (χ1) is 12.4. The van der Waals surface area contributed by atoms with Crippen molar-refractivity contribution in [1.82, 2.24) is 9.97 Å². The quantitative estimate of drug-likeness (QED) is 0.821. The van der Waals surface area contributed by atoms with E-state index in [1.807, 2.05) is 24.9 Å². The summed E-state index contributed by atoms with van der Waals surface area (Å²) < 4.78 is 23.6. The fourth-order valence-corrected chi connectivity index (χ4v) is 5.57. The van der Waals surface area contributed by atoms with Crippen LogP contribution >= 0.6 is 0 Å². The van der Waals surface area contributed by atoms with Crippen LogP contribution in [0, 0.1) is 6.92 Å². The Bertz CT molecular complexity index is 929. The Balaban J connectivity index is 1.59. The predicted molar refractivity (Wildman–Crippen MR) is 103 cm³/mol. The van der Waals surface area contributed by atoms with Gasteiger partial charge in [0, 0.05) is 37.9 Å². The molecule has 0 amide bonds. The summed E-state index contributed by atoms with van der Waals surface area (Å²) in [5, 5.41) is 0. The second kappa shape index (κ2) is 6.54. The number of benzene rings is 1. The van der Waals surface area contributed by atoms with Gasteiger partial charge >= 0.3 is 0 Å². The third kappa shape index (κ3) is 3.40. The van der Waals surface area contributed by atoms with Gasteiger partial charge in [-0.15, -0.1) is 0 Å². The highest BCUT2D eigenvalue weighted by atomic mass is 32.2. The number of aryl methyl sites for hydroxylation is 1. The van der Waals surface area contributed by atoms with Crippen LogP contribution in [0.15, 0.2) is 30.3 Å². The molecule has 1 unspecified atom stereocenters. The van der Waals surface area contributed by atoms with E-state index in [4.69, 9.17) is 4.98 Å². The van der Waals surface area contributed by atoms with Crippen molar-refractivity contribution in [2.45, 2.75) is 32.4 Å². The summed E-state index contributed by atoms with van der Waals surface area (Å²) in [5.41, 5.74) is 3.64. The summed E-state index contributed by atoms with van der Waals surface area (Å²) in [6, 6.07) is 10.5. The molecule has 1 saturated heterocycles. The molecule has 0 aliphatic carbocycles. The van der Waals surface area contributed by atoms with Gasteiger partial charge in [0.25, 0.3) is 0 Å². The highest BCUT2D eigenvalue weighted by Gasteiger charge is 2.32. The number of rotatable bonds is 3. The second-order valence-electron chi connectivity index (χ2n) is 7.28. The Morgan fingerprint density at radius 3 is 2.69 bits per heavy atom. The summed E-state index contributed by atoms with van der Waals surface area (Å²) in [5.74, 6) is 1.97. The van der Waals surface area contributed by atoms with Crippen molar-refractivity contribution >= 4 is 21.6 Å². The van der Waals surface area contributed by atoms with E-state index in [9.17, 15) is 8.42 Å². The molecular formula is C19H24N4O2S. The summed E-state index contributed by atoms with van der Waals surface area (Å²) >= 11 is 0. The van der Waals surface area contributed by atoms with Gasteiger partial charge in [0.15, 0.2) is 9.84 Å². The smallest absolute Gasteiger partial charge is 0.227 e. The number of nitrogens with zero attached hydrogens (tertiary/aromatic N) is 4. The molecule has 138 valence electrons. The summed E-state index contributed by atoms with van der Waals surface area (Å²) in [6.07, 6.45) is 1.65. The van der Waals surface area contributed by atoms with Gasteiger partial charge in [-0.1, -0.05) is 24.3 Å². The third-order valence-electron chi connectivity index (χ3n) is 5.36. The van der Waals surface area contributed by atoms with Crippen molar-refractivity contribution in [2.24, 2.45) is 0 Å². The minimum Gasteiger partial charge on any atom is -0.352 e. The molecule has 2 aliphatic heterocycles. The first kappa shape index (κ1) is 17.3. The maximum absolute atomic E-state index is 11.8. The summed E-state index contributed by atoms with van der Waals surface area (Å²) in [6.45, 7) is 3.73. The van der Waals surface area contributed by atoms with Crippen molar-refractivity contribution in [2.75, 3.05) is 34.9 Å². The lowest BCUT2D eigenvalue weighted by Gasteiger charge is -2.31.